The van der Waals surface area contributed by atoms with Gasteiger partial charge in [-0.15, -0.1) is 0 Å². The molecule has 0 saturated heterocycles. The van der Waals surface area contributed by atoms with Gasteiger partial charge in [0.25, 0.3) is 5.56 Å². The Labute approximate surface area is 110 Å². The number of nitrogens with zero attached hydrogens (tertiary/aromatic N) is 1. The summed E-state index contributed by atoms with van der Waals surface area (Å²) in [7, 11) is 0. The van der Waals surface area contributed by atoms with Gasteiger partial charge in [0, 0.05) is 35.1 Å². The molecule has 0 fully saturated rings. The second kappa shape index (κ2) is 4.79. The third-order valence-electron chi connectivity index (χ3n) is 2.82. The number of aromatic amines is 1. The maximum atomic E-state index is 11.7. The highest BCUT2D eigenvalue weighted by molar-refractivity contribution is 5.86. The van der Waals surface area contributed by atoms with Crippen molar-refractivity contribution in [2.75, 3.05) is 0 Å². The first kappa shape index (κ1) is 11.2. The van der Waals surface area contributed by atoms with Gasteiger partial charge in [0.15, 0.2) is 0 Å². The number of aromatic nitrogens is 2. The van der Waals surface area contributed by atoms with Crippen LogP contribution >= 0.6 is 0 Å². The molecular weight excluding hydrogens is 236 g/mol. The molecular formula is C16H10N2O. The summed E-state index contributed by atoms with van der Waals surface area (Å²) in [6.07, 6.45) is 4.86. The summed E-state index contributed by atoms with van der Waals surface area (Å²) in [5.41, 5.74) is 1.59. The van der Waals surface area contributed by atoms with Crippen molar-refractivity contribution in [2.45, 2.75) is 0 Å². The molecule has 0 atom stereocenters. The van der Waals surface area contributed by atoms with Crippen molar-refractivity contribution in [1.29, 1.82) is 0 Å². The summed E-state index contributed by atoms with van der Waals surface area (Å²) in [5, 5.41) is 1.38. The van der Waals surface area contributed by atoms with Crippen molar-refractivity contribution in [1.82, 2.24) is 9.97 Å². The Bertz CT molecular complexity index is 839. The van der Waals surface area contributed by atoms with Gasteiger partial charge in [-0.1, -0.05) is 30.0 Å². The molecule has 3 heteroatoms. The van der Waals surface area contributed by atoms with Gasteiger partial charge >= 0.3 is 0 Å². The maximum Gasteiger partial charge on any atom is 0.257 e. The van der Waals surface area contributed by atoms with Crippen molar-refractivity contribution in [3.63, 3.8) is 0 Å². The maximum absolute atomic E-state index is 11.7. The van der Waals surface area contributed by atoms with E-state index in [9.17, 15) is 4.79 Å². The third kappa shape index (κ3) is 2.24. The van der Waals surface area contributed by atoms with Crippen LogP contribution in [0.5, 0.6) is 0 Å². The number of H-pyrrole nitrogens is 1. The van der Waals surface area contributed by atoms with Gasteiger partial charge in [0.1, 0.15) is 0 Å². The molecule has 3 aromatic rings. The number of nitrogens with one attached hydrogen (secondary N) is 1. The first-order chi connectivity index (χ1) is 9.34. The van der Waals surface area contributed by atoms with Crippen LogP contribution in [0.25, 0.3) is 10.8 Å². The van der Waals surface area contributed by atoms with Crippen molar-refractivity contribution in [2.24, 2.45) is 0 Å². The summed E-state index contributed by atoms with van der Waals surface area (Å²) in [5.74, 6) is 6.16. The highest BCUT2D eigenvalue weighted by atomic mass is 16.1. The van der Waals surface area contributed by atoms with E-state index in [0.717, 1.165) is 16.5 Å². The Morgan fingerprint density at radius 3 is 2.68 bits per heavy atom. The molecule has 90 valence electrons. The Morgan fingerprint density at radius 2 is 1.84 bits per heavy atom. The molecule has 0 saturated carbocycles. The predicted octanol–water partition coefficient (Wildman–Crippen LogP) is 2.32. The largest absolute Gasteiger partial charge is 0.327 e. The lowest BCUT2D eigenvalue weighted by Gasteiger charge is -1.98. The van der Waals surface area contributed by atoms with Crippen molar-refractivity contribution < 1.29 is 0 Å². The fraction of sp³-hybridized carbons (Fsp3) is 0. The summed E-state index contributed by atoms with van der Waals surface area (Å²) in [4.78, 5) is 18.3. The van der Waals surface area contributed by atoms with Gasteiger partial charge in [-0.05, 0) is 18.2 Å². The first-order valence-electron chi connectivity index (χ1n) is 5.87. The molecule has 3 rings (SSSR count). The highest BCUT2D eigenvalue weighted by Gasteiger charge is 2.01. The Balaban J connectivity index is 2.15. The first-order valence-corrected chi connectivity index (χ1v) is 5.87. The second-order valence-electron chi connectivity index (χ2n) is 4.07. The Hall–Kier alpha value is -2.86. The number of pyridine rings is 2. The molecule has 19 heavy (non-hydrogen) atoms. The summed E-state index contributed by atoms with van der Waals surface area (Å²) in [6.45, 7) is 0. The number of fused-ring (bicyclic) bond motifs is 1. The van der Waals surface area contributed by atoms with E-state index in [4.69, 9.17) is 0 Å². The summed E-state index contributed by atoms with van der Waals surface area (Å²) in [6, 6.07) is 11.5. The van der Waals surface area contributed by atoms with E-state index >= 15 is 0 Å². The molecule has 2 heterocycles. The second-order valence-corrected chi connectivity index (χ2v) is 4.07. The van der Waals surface area contributed by atoms with Crippen LogP contribution in [-0.2, 0) is 0 Å². The van der Waals surface area contributed by atoms with Crippen molar-refractivity contribution in [3.05, 3.63) is 76.5 Å². The van der Waals surface area contributed by atoms with E-state index in [1.54, 1.807) is 24.7 Å². The average Bonchev–Trinajstić information content (AvgIpc) is 2.48. The zero-order chi connectivity index (χ0) is 13.1. The lowest BCUT2D eigenvalue weighted by atomic mass is 10.1. The van der Waals surface area contributed by atoms with Crippen LogP contribution in [-0.4, -0.2) is 9.97 Å². The fourth-order valence-electron chi connectivity index (χ4n) is 1.87. The van der Waals surface area contributed by atoms with Gasteiger partial charge in [-0.2, -0.15) is 0 Å². The lowest BCUT2D eigenvalue weighted by molar-refractivity contribution is 1.25. The van der Waals surface area contributed by atoms with E-state index in [1.165, 1.54) is 0 Å². The topological polar surface area (TPSA) is 45.8 Å². The van der Waals surface area contributed by atoms with Crippen LogP contribution in [0.2, 0.25) is 0 Å². The van der Waals surface area contributed by atoms with E-state index in [2.05, 4.69) is 21.8 Å². The van der Waals surface area contributed by atoms with Gasteiger partial charge in [-0.3, -0.25) is 9.78 Å². The van der Waals surface area contributed by atoms with Gasteiger partial charge in [-0.25, -0.2) is 0 Å². The normalized spacial score (nSPS) is 9.89. The van der Waals surface area contributed by atoms with Gasteiger partial charge < -0.3 is 4.98 Å². The monoisotopic (exact) mass is 246 g/mol. The summed E-state index contributed by atoms with van der Waals surface area (Å²) < 4.78 is 0. The van der Waals surface area contributed by atoms with E-state index in [0.29, 0.717) is 5.39 Å². The van der Waals surface area contributed by atoms with Crippen LogP contribution in [0.4, 0.5) is 0 Å². The Morgan fingerprint density at radius 1 is 1.00 bits per heavy atom. The number of hydrogen-bond acceptors (Lipinski definition) is 2. The Kier molecular flexibility index (Phi) is 2.83. The van der Waals surface area contributed by atoms with Crippen LogP contribution < -0.4 is 5.56 Å². The smallest absolute Gasteiger partial charge is 0.257 e. The van der Waals surface area contributed by atoms with Gasteiger partial charge in [0.2, 0.25) is 0 Å². The average molecular weight is 246 g/mol. The highest BCUT2D eigenvalue weighted by Crippen LogP contribution is 2.11. The molecule has 0 unspecified atom stereocenters. The minimum absolute atomic E-state index is 0.145. The van der Waals surface area contributed by atoms with E-state index in [1.807, 2.05) is 30.3 Å². The quantitative estimate of drug-likeness (QED) is 0.619. The molecule has 2 aromatic heterocycles. The zero-order valence-corrected chi connectivity index (χ0v) is 10.1. The number of benzene rings is 1. The van der Waals surface area contributed by atoms with Crippen molar-refractivity contribution >= 4 is 10.8 Å². The SMILES string of the molecule is O=c1[nH]cc(C#Cc2ccccc2)c2ccncc12. The summed E-state index contributed by atoms with van der Waals surface area (Å²) >= 11 is 0. The molecule has 0 bridgehead atoms. The molecule has 0 amide bonds. The zero-order valence-electron chi connectivity index (χ0n) is 10.1. The van der Waals surface area contributed by atoms with Crippen LogP contribution in [0.1, 0.15) is 11.1 Å². The molecule has 1 N–H and O–H groups in total. The third-order valence-corrected chi connectivity index (χ3v) is 2.82. The number of rotatable bonds is 0. The van der Waals surface area contributed by atoms with E-state index < -0.39 is 0 Å². The minimum Gasteiger partial charge on any atom is -0.327 e. The molecule has 1 aromatic carbocycles. The van der Waals surface area contributed by atoms with Crippen LogP contribution in [0, 0.1) is 11.8 Å². The molecule has 0 aliphatic rings. The number of hydrogen-bond donors (Lipinski definition) is 1. The molecule has 3 nitrogen and oxygen atoms in total. The predicted molar refractivity (Wildman–Crippen MR) is 74.8 cm³/mol. The fourth-order valence-corrected chi connectivity index (χ4v) is 1.87. The molecule has 0 aliphatic heterocycles. The standard InChI is InChI=1S/C16H10N2O/c19-16-15-11-17-9-8-14(15)13(10-18-16)7-6-12-4-2-1-3-5-12/h1-5,8-11H,(H,18,19). The van der Waals surface area contributed by atoms with Crippen LogP contribution in [0.3, 0.4) is 0 Å². The van der Waals surface area contributed by atoms with Crippen LogP contribution in [0.15, 0.2) is 59.8 Å². The minimum atomic E-state index is -0.145. The van der Waals surface area contributed by atoms with E-state index in [-0.39, 0.29) is 5.56 Å². The molecule has 0 spiro atoms. The van der Waals surface area contributed by atoms with Gasteiger partial charge in [0.05, 0.1) is 5.39 Å². The van der Waals surface area contributed by atoms with Crippen molar-refractivity contribution in [3.8, 4) is 11.8 Å². The lowest BCUT2D eigenvalue weighted by Crippen LogP contribution is -2.06. The molecule has 0 radical (unpaired) electrons. The molecule has 0 aliphatic carbocycles.